The van der Waals surface area contributed by atoms with E-state index in [2.05, 4.69) is 10.1 Å². The Morgan fingerprint density at radius 3 is 1.92 bits per heavy atom. The molecule has 8 nitrogen and oxygen atoms in total. The third-order valence-electron chi connectivity index (χ3n) is 3.09. The van der Waals surface area contributed by atoms with Gasteiger partial charge in [0, 0.05) is 12.6 Å². The van der Waals surface area contributed by atoms with Crippen LogP contribution in [0, 0.1) is 0 Å². The lowest BCUT2D eigenvalue weighted by Gasteiger charge is -2.09. The number of amides is 1. The van der Waals surface area contributed by atoms with Crippen molar-refractivity contribution in [2.45, 2.75) is 13.3 Å². The fourth-order valence-corrected chi connectivity index (χ4v) is 1.86. The molecule has 26 heavy (non-hydrogen) atoms. The molecule has 0 atom stereocenters. The maximum Gasteiger partial charge on any atom is 0.307 e. The van der Waals surface area contributed by atoms with Crippen LogP contribution in [0.3, 0.4) is 0 Å². The first-order valence-electron chi connectivity index (χ1n) is 8.42. The molecule has 1 aromatic carbocycles. The van der Waals surface area contributed by atoms with Gasteiger partial charge in [0.15, 0.2) is 0 Å². The van der Waals surface area contributed by atoms with Crippen LogP contribution in [0.15, 0.2) is 24.3 Å². The van der Waals surface area contributed by atoms with Crippen molar-refractivity contribution >= 4 is 17.6 Å². The molecule has 8 heteroatoms. The van der Waals surface area contributed by atoms with E-state index in [0.29, 0.717) is 52.0 Å². The standard InChI is InChI=1S/C18H27NO7/c1-15(20)19-16-3-5-17(6-4-16)26-14-13-25-12-11-24-10-9-23-8-7-18(21)22-2/h3-6H,7-14H2,1-2H3,(H,19,20). The van der Waals surface area contributed by atoms with E-state index < -0.39 is 0 Å². The maximum absolute atomic E-state index is 10.9. The fourth-order valence-electron chi connectivity index (χ4n) is 1.86. The lowest BCUT2D eigenvalue weighted by molar-refractivity contribution is -0.142. The van der Waals surface area contributed by atoms with Crippen LogP contribution in [0.5, 0.6) is 5.75 Å². The predicted molar refractivity (Wildman–Crippen MR) is 95.3 cm³/mol. The second-order valence-corrected chi connectivity index (χ2v) is 5.22. The zero-order chi connectivity index (χ0) is 19.0. The Hall–Kier alpha value is -2.16. The van der Waals surface area contributed by atoms with E-state index in [0.717, 1.165) is 5.69 Å². The fraction of sp³-hybridized carbons (Fsp3) is 0.556. The summed E-state index contributed by atoms with van der Waals surface area (Å²) in [6.45, 7) is 4.47. The second kappa shape index (κ2) is 14.1. The van der Waals surface area contributed by atoms with Crippen LogP contribution >= 0.6 is 0 Å². The quantitative estimate of drug-likeness (QED) is 0.394. The number of carbonyl (C=O) groups is 2. The third-order valence-corrected chi connectivity index (χ3v) is 3.09. The van der Waals surface area contributed by atoms with E-state index >= 15 is 0 Å². The summed E-state index contributed by atoms with van der Waals surface area (Å²) >= 11 is 0. The molecule has 0 radical (unpaired) electrons. The lowest BCUT2D eigenvalue weighted by Crippen LogP contribution is -2.13. The molecular formula is C18H27NO7. The molecule has 0 saturated carbocycles. The summed E-state index contributed by atoms with van der Waals surface area (Å²) in [5.74, 6) is 0.315. The van der Waals surface area contributed by atoms with Gasteiger partial charge in [0.25, 0.3) is 0 Å². The Bertz CT molecular complexity index is 519. The van der Waals surface area contributed by atoms with Crippen molar-refractivity contribution < 1.29 is 33.3 Å². The number of carbonyl (C=O) groups excluding carboxylic acids is 2. The molecule has 1 aromatic rings. The highest BCUT2D eigenvalue weighted by atomic mass is 16.6. The normalized spacial score (nSPS) is 10.4. The molecule has 0 spiro atoms. The highest BCUT2D eigenvalue weighted by Crippen LogP contribution is 2.15. The summed E-state index contributed by atoms with van der Waals surface area (Å²) in [4.78, 5) is 21.8. The smallest absolute Gasteiger partial charge is 0.307 e. The summed E-state index contributed by atoms with van der Waals surface area (Å²) < 4.78 is 26.0. The summed E-state index contributed by atoms with van der Waals surface area (Å²) in [5.41, 5.74) is 0.729. The van der Waals surface area contributed by atoms with Crippen molar-refractivity contribution in [3.63, 3.8) is 0 Å². The number of ether oxygens (including phenoxy) is 5. The molecule has 0 bridgehead atoms. The Balaban J connectivity index is 1.90. The van der Waals surface area contributed by atoms with Gasteiger partial charge in [-0.05, 0) is 24.3 Å². The van der Waals surface area contributed by atoms with Gasteiger partial charge >= 0.3 is 5.97 Å². The monoisotopic (exact) mass is 369 g/mol. The van der Waals surface area contributed by atoms with E-state index in [9.17, 15) is 9.59 Å². The maximum atomic E-state index is 10.9. The summed E-state index contributed by atoms with van der Waals surface area (Å²) in [6, 6.07) is 7.13. The number of hydrogen-bond acceptors (Lipinski definition) is 7. The first-order valence-corrected chi connectivity index (χ1v) is 8.42. The van der Waals surface area contributed by atoms with Crippen LogP contribution in [0.1, 0.15) is 13.3 Å². The third kappa shape index (κ3) is 11.4. The molecule has 0 fully saturated rings. The van der Waals surface area contributed by atoms with Gasteiger partial charge in [-0.1, -0.05) is 0 Å². The highest BCUT2D eigenvalue weighted by Gasteiger charge is 1.99. The number of benzene rings is 1. The van der Waals surface area contributed by atoms with E-state index in [1.807, 2.05) is 0 Å². The molecule has 0 unspecified atom stereocenters. The number of nitrogens with one attached hydrogen (secondary N) is 1. The van der Waals surface area contributed by atoms with Gasteiger partial charge in [-0.15, -0.1) is 0 Å². The van der Waals surface area contributed by atoms with Crippen LogP contribution in [0.25, 0.3) is 0 Å². The van der Waals surface area contributed by atoms with Gasteiger partial charge in [0.2, 0.25) is 5.91 Å². The average molecular weight is 369 g/mol. The zero-order valence-electron chi connectivity index (χ0n) is 15.3. The SMILES string of the molecule is COC(=O)CCOCCOCCOCCOc1ccc(NC(C)=O)cc1. The number of esters is 1. The molecule has 1 amide bonds. The molecule has 146 valence electrons. The zero-order valence-corrected chi connectivity index (χ0v) is 15.3. The topological polar surface area (TPSA) is 92.3 Å². The number of methoxy groups -OCH3 is 1. The van der Waals surface area contributed by atoms with E-state index in [1.165, 1.54) is 14.0 Å². The predicted octanol–water partition coefficient (Wildman–Crippen LogP) is 1.64. The van der Waals surface area contributed by atoms with Gasteiger partial charge in [0.05, 0.1) is 53.2 Å². The van der Waals surface area contributed by atoms with Crippen LogP contribution < -0.4 is 10.1 Å². The molecular weight excluding hydrogens is 342 g/mol. The van der Waals surface area contributed by atoms with Crippen LogP contribution in [0.2, 0.25) is 0 Å². The molecule has 0 aromatic heterocycles. The minimum Gasteiger partial charge on any atom is -0.491 e. The summed E-state index contributed by atoms with van der Waals surface area (Å²) in [5, 5.41) is 2.69. The molecule has 0 aliphatic heterocycles. The van der Waals surface area contributed by atoms with E-state index in [-0.39, 0.29) is 18.3 Å². The summed E-state index contributed by atoms with van der Waals surface area (Å²) in [6.07, 6.45) is 0.246. The Morgan fingerprint density at radius 2 is 1.38 bits per heavy atom. The van der Waals surface area contributed by atoms with Crippen molar-refractivity contribution in [2.24, 2.45) is 0 Å². The Morgan fingerprint density at radius 1 is 0.846 bits per heavy atom. The molecule has 1 N–H and O–H groups in total. The Labute approximate surface area is 153 Å². The molecule has 0 saturated heterocycles. The molecule has 1 rings (SSSR count). The van der Waals surface area contributed by atoms with Crippen molar-refractivity contribution in [1.82, 2.24) is 0 Å². The van der Waals surface area contributed by atoms with Crippen molar-refractivity contribution in [3.8, 4) is 5.75 Å². The van der Waals surface area contributed by atoms with Crippen molar-refractivity contribution in [1.29, 1.82) is 0 Å². The molecule has 0 aliphatic carbocycles. The van der Waals surface area contributed by atoms with Crippen LogP contribution in [-0.2, 0) is 28.5 Å². The number of hydrogen-bond donors (Lipinski definition) is 1. The summed E-state index contributed by atoms with van der Waals surface area (Å²) in [7, 11) is 1.35. The van der Waals surface area contributed by atoms with Crippen molar-refractivity contribution in [2.75, 3.05) is 58.7 Å². The highest BCUT2D eigenvalue weighted by molar-refractivity contribution is 5.88. The van der Waals surface area contributed by atoms with Crippen LogP contribution in [-0.4, -0.2) is 65.2 Å². The Kier molecular flexibility index (Phi) is 11.8. The largest absolute Gasteiger partial charge is 0.491 e. The first-order chi connectivity index (χ1) is 12.6. The lowest BCUT2D eigenvalue weighted by atomic mass is 10.3. The minimum atomic E-state index is -0.287. The number of anilines is 1. The van der Waals surface area contributed by atoms with Crippen molar-refractivity contribution in [3.05, 3.63) is 24.3 Å². The van der Waals surface area contributed by atoms with E-state index in [1.54, 1.807) is 24.3 Å². The van der Waals surface area contributed by atoms with Gasteiger partial charge in [-0.3, -0.25) is 9.59 Å². The van der Waals surface area contributed by atoms with Gasteiger partial charge in [-0.2, -0.15) is 0 Å². The first kappa shape index (κ1) is 21.9. The van der Waals surface area contributed by atoms with Gasteiger partial charge < -0.3 is 29.0 Å². The molecule has 0 aliphatic rings. The van der Waals surface area contributed by atoms with E-state index in [4.69, 9.17) is 18.9 Å². The van der Waals surface area contributed by atoms with Gasteiger partial charge in [0.1, 0.15) is 12.4 Å². The van der Waals surface area contributed by atoms with Crippen LogP contribution in [0.4, 0.5) is 5.69 Å². The molecule has 0 heterocycles. The minimum absolute atomic E-state index is 0.109. The van der Waals surface area contributed by atoms with Gasteiger partial charge in [-0.25, -0.2) is 0 Å². The number of rotatable bonds is 14. The second-order valence-electron chi connectivity index (χ2n) is 5.22. The average Bonchev–Trinajstić information content (AvgIpc) is 2.63.